The van der Waals surface area contributed by atoms with Gasteiger partial charge in [-0.3, -0.25) is 4.40 Å². The number of aromatic nitrogens is 3. The van der Waals surface area contributed by atoms with Crippen LogP contribution in [0, 0.1) is 5.82 Å². The average Bonchev–Trinajstić information content (AvgIpc) is 2.69. The van der Waals surface area contributed by atoms with E-state index in [-0.39, 0.29) is 10.7 Å². The van der Waals surface area contributed by atoms with Crippen molar-refractivity contribution in [2.75, 3.05) is 0 Å². The second-order valence-corrected chi connectivity index (χ2v) is 4.10. The van der Waals surface area contributed by atoms with Gasteiger partial charge in [-0.25, -0.2) is 14.4 Å². The van der Waals surface area contributed by atoms with Crippen LogP contribution < -0.4 is 0 Å². The molecule has 0 saturated heterocycles. The van der Waals surface area contributed by atoms with Crippen LogP contribution in [0.15, 0.2) is 24.7 Å². The highest BCUT2D eigenvalue weighted by atomic mass is 35.5. The summed E-state index contributed by atoms with van der Waals surface area (Å²) in [6.45, 7) is 0. The number of halogens is 3. The summed E-state index contributed by atoms with van der Waals surface area (Å²) >= 11 is 11.7. The molecule has 2 heterocycles. The molecule has 3 aromatic rings. The number of hydrogen-bond acceptors (Lipinski definition) is 2. The molecular weight excluding hydrogens is 252 g/mol. The lowest BCUT2D eigenvalue weighted by Crippen LogP contribution is -1.94. The predicted octanol–water partition coefficient (Wildman–Crippen LogP) is 3.33. The van der Waals surface area contributed by atoms with E-state index in [1.54, 1.807) is 23.0 Å². The summed E-state index contributed by atoms with van der Waals surface area (Å²) in [4.78, 5) is 7.93. The normalized spacial score (nSPS) is 11.4. The molecule has 6 heteroatoms. The van der Waals surface area contributed by atoms with Crippen LogP contribution in [-0.4, -0.2) is 14.4 Å². The van der Waals surface area contributed by atoms with E-state index in [1.807, 2.05) is 0 Å². The Kier molecular flexibility index (Phi) is 2.02. The van der Waals surface area contributed by atoms with Crippen molar-refractivity contribution in [3.63, 3.8) is 0 Å². The van der Waals surface area contributed by atoms with Gasteiger partial charge in [0.2, 0.25) is 0 Å². The first kappa shape index (κ1) is 9.81. The minimum atomic E-state index is -0.500. The molecule has 0 atom stereocenters. The van der Waals surface area contributed by atoms with Gasteiger partial charge in [0.1, 0.15) is 11.0 Å². The SMILES string of the molecule is Fc1cc(Cl)cc2c1nc(Cl)c1cncn12. The van der Waals surface area contributed by atoms with Crippen molar-refractivity contribution in [2.45, 2.75) is 0 Å². The lowest BCUT2D eigenvalue weighted by atomic mass is 10.3. The summed E-state index contributed by atoms with van der Waals surface area (Å²) in [7, 11) is 0. The van der Waals surface area contributed by atoms with Crippen molar-refractivity contribution < 1.29 is 4.39 Å². The summed E-state index contributed by atoms with van der Waals surface area (Å²) in [5.41, 5.74) is 1.35. The fourth-order valence-electron chi connectivity index (χ4n) is 1.64. The van der Waals surface area contributed by atoms with E-state index in [1.165, 1.54) is 6.07 Å². The fraction of sp³-hybridized carbons (Fsp3) is 0. The van der Waals surface area contributed by atoms with Crippen LogP contribution in [-0.2, 0) is 0 Å². The fourth-order valence-corrected chi connectivity index (χ4v) is 2.07. The molecule has 16 heavy (non-hydrogen) atoms. The quantitative estimate of drug-likeness (QED) is 0.617. The molecule has 0 radical (unpaired) electrons. The molecule has 3 rings (SSSR count). The minimum Gasteiger partial charge on any atom is -0.294 e. The number of benzene rings is 1. The van der Waals surface area contributed by atoms with Gasteiger partial charge in [0, 0.05) is 5.02 Å². The highest BCUT2D eigenvalue weighted by molar-refractivity contribution is 6.33. The van der Waals surface area contributed by atoms with Crippen molar-refractivity contribution in [1.29, 1.82) is 0 Å². The number of rotatable bonds is 0. The third-order valence-electron chi connectivity index (χ3n) is 2.33. The summed E-state index contributed by atoms with van der Waals surface area (Å²) in [6, 6.07) is 2.83. The first-order valence-electron chi connectivity index (χ1n) is 4.43. The van der Waals surface area contributed by atoms with Gasteiger partial charge < -0.3 is 0 Å². The minimum absolute atomic E-state index is 0.180. The Morgan fingerprint density at radius 2 is 2.00 bits per heavy atom. The smallest absolute Gasteiger partial charge is 0.155 e. The van der Waals surface area contributed by atoms with Gasteiger partial charge in [-0.2, -0.15) is 0 Å². The van der Waals surface area contributed by atoms with E-state index < -0.39 is 5.82 Å². The molecule has 0 bridgehead atoms. The third kappa shape index (κ3) is 1.27. The monoisotopic (exact) mass is 255 g/mol. The molecule has 80 valence electrons. The highest BCUT2D eigenvalue weighted by Crippen LogP contribution is 2.25. The number of imidazole rings is 1. The molecule has 0 fully saturated rings. The Labute approximate surface area is 99.4 Å². The summed E-state index contributed by atoms with van der Waals surface area (Å²) < 4.78 is 15.3. The first-order valence-corrected chi connectivity index (χ1v) is 5.19. The van der Waals surface area contributed by atoms with Crippen molar-refractivity contribution in [3.8, 4) is 0 Å². The highest BCUT2D eigenvalue weighted by Gasteiger charge is 2.11. The maximum Gasteiger partial charge on any atom is 0.155 e. The molecule has 3 nitrogen and oxygen atoms in total. The van der Waals surface area contributed by atoms with Crippen molar-refractivity contribution in [3.05, 3.63) is 40.6 Å². The van der Waals surface area contributed by atoms with E-state index in [0.717, 1.165) is 0 Å². The number of nitrogens with zero attached hydrogens (tertiary/aromatic N) is 3. The van der Waals surface area contributed by atoms with Crippen LogP contribution in [0.1, 0.15) is 0 Å². The van der Waals surface area contributed by atoms with Crippen LogP contribution in [0.3, 0.4) is 0 Å². The predicted molar refractivity (Wildman–Crippen MR) is 60.5 cm³/mol. The maximum absolute atomic E-state index is 13.6. The van der Waals surface area contributed by atoms with Crippen molar-refractivity contribution in [2.24, 2.45) is 0 Å². The summed E-state index contributed by atoms with van der Waals surface area (Å²) in [5, 5.41) is 0.523. The zero-order valence-corrected chi connectivity index (χ0v) is 9.30. The largest absolute Gasteiger partial charge is 0.294 e. The average molecular weight is 256 g/mol. The molecule has 0 aliphatic carbocycles. The Morgan fingerprint density at radius 3 is 2.81 bits per heavy atom. The van der Waals surface area contributed by atoms with Gasteiger partial charge in [-0.05, 0) is 12.1 Å². The topological polar surface area (TPSA) is 30.2 Å². The van der Waals surface area contributed by atoms with Gasteiger partial charge in [-0.1, -0.05) is 23.2 Å². The van der Waals surface area contributed by atoms with Crippen LogP contribution >= 0.6 is 23.2 Å². The Bertz CT molecular complexity index is 708. The molecule has 0 unspecified atom stereocenters. The van der Waals surface area contributed by atoms with E-state index >= 15 is 0 Å². The van der Waals surface area contributed by atoms with E-state index in [0.29, 0.717) is 16.1 Å². The molecular formula is C10H4Cl2FN3. The van der Waals surface area contributed by atoms with E-state index in [4.69, 9.17) is 23.2 Å². The van der Waals surface area contributed by atoms with Crippen LogP contribution in [0.25, 0.3) is 16.6 Å². The van der Waals surface area contributed by atoms with E-state index in [9.17, 15) is 4.39 Å². The third-order valence-corrected chi connectivity index (χ3v) is 2.82. The van der Waals surface area contributed by atoms with Crippen molar-refractivity contribution in [1.82, 2.24) is 14.4 Å². The summed E-state index contributed by atoms with van der Waals surface area (Å²) in [6.07, 6.45) is 3.11. The van der Waals surface area contributed by atoms with E-state index in [2.05, 4.69) is 9.97 Å². The standard InChI is InChI=1S/C10H4Cl2FN3/c11-5-1-6(13)9-7(2-5)16-4-14-3-8(16)10(12)15-9/h1-4H. The molecule has 0 aliphatic heterocycles. The maximum atomic E-state index is 13.6. The second kappa shape index (κ2) is 3.30. The first-order chi connectivity index (χ1) is 7.66. The summed E-state index contributed by atoms with van der Waals surface area (Å²) in [5.74, 6) is -0.500. The van der Waals surface area contributed by atoms with Gasteiger partial charge in [-0.15, -0.1) is 0 Å². The van der Waals surface area contributed by atoms with Crippen LogP contribution in [0.4, 0.5) is 4.39 Å². The Morgan fingerprint density at radius 1 is 1.19 bits per heavy atom. The number of hydrogen-bond donors (Lipinski definition) is 0. The van der Waals surface area contributed by atoms with Gasteiger partial charge in [0.15, 0.2) is 11.0 Å². The Balaban J connectivity index is 2.64. The zero-order valence-electron chi connectivity index (χ0n) is 7.78. The second-order valence-electron chi connectivity index (χ2n) is 3.31. The molecule has 1 aromatic carbocycles. The molecule has 0 aliphatic rings. The van der Waals surface area contributed by atoms with Crippen molar-refractivity contribution >= 4 is 39.8 Å². The molecule has 0 amide bonds. The van der Waals surface area contributed by atoms with Gasteiger partial charge in [0.25, 0.3) is 0 Å². The van der Waals surface area contributed by atoms with Crippen LogP contribution in [0.2, 0.25) is 10.2 Å². The lowest BCUT2D eigenvalue weighted by molar-refractivity contribution is 0.636. The zero-order chi connectivity index (χ0) is 11.3. The molecule has 0 saturated carbocycles. The molecule has 0 spiro atoms. The molecule has 2 aromatic heterocycles. The number of fused-ring (bicyclic) bond motifs is 3. The lowest BCUT2D eigenvalue weighted by Gasteiger charge is -2.04. The van der Waals surface area contributed by atoms with Gasteiger partial charge in [0.05, 0.1) is 18.0 Å². The Hall–Kier alpha value is -1.39. The molecule has 0 N–H and O–H groups in total. The van der Waals surface area contributed by atoms with Gasteiger partial charge >= 0.3 is 0 Å². The van der Waals surface area contributed by atoms with Crippen LogP contribution in [0.5, 0.6) is 0 Å².